The number of carbonyl (C=O) groups is 1. The SMILES string of the molecule is Cc1ccc(NC(=O)N2CCC(CO)(CCOc3ccccc3)CC2)c(C)c1. The molecule has 0 unspecified atom stereocenters. The molecule has 1 aliphatic rings. The average Bonchev–Trinajstić information content (AvgIpc) is 2.71. The molecule has 0 aliphatic carbocycles. The van der Waals surface area contributed by atoms with Gasteiger partial charge in [0.1, 0.15) is 5.75 Å². The molecule has 0 aromatic heterocycles. The molecular weight excluding hydrogens is 352 g/mol. The predicted molar refractivity (Wildman–Crippen MR) is 112 cm³/mol. The first-order valence-corrected chi connectivity index (χ1v) is 9.93. The van der Waals surface area contributed by atoms with Crippen LogP contribution in [-0.2, 0) is 0 Å². The second-order valence-corrected chi connectivity index (χ2v) is 7.81. The summed E-state index contributed by atoms with van der Waals surface area (Å²) in [5.74, 6) is 0.848. The number of hydrogen-bond acceptors (Lipinski definition) is 3. The van der Waals surface area contributed by atoms with Crippen molar-refractivity contribution >= 4 is 11.7 Å². The molecule has 5 nitrogen and oxygen atoms in total. The molecule has 3 rings (SSSR count). The zero-order valence-electron chi connectivity index (χ0n) is 16.8. The number of likely N-dealkylation sites (tertiary alicyclic amines) is 1. The van der Waals surface area contributed by atoms with E-state index in [2.05, 4.69) is 11.4 Å². The Hall–Kier alpha value is -2.53. The third kappa shape index (κ3) is 5.04. The lowest BCUT2D eigenvalue weighted by Crippen LogP contribution is -2.46. The highest BCUT2D eigenvalue weighted by Gasteiger charge is 2.35. The van der Waals surface area contributed by atoms with Crippen LogP contribution >= 0.6 is 0 Å². The largest absolute Gasteiger partial charge is 0.494 e. The maximum absolute atomic E-state index is 12.6. The molecule has 0 atom stereocenters. The van der Waals surface area contributed by atoms with Crippen LogP contribution in [-0.4, -0.2) is 42.3 Å². The number of aliphatic hydroxyl groups excluding tert-OH is 1. The molecule has 150 valence electrons. The zero-order chi connectivity index (χ0) is 20.0. The summed E-state index contributed by atoms with van der Waals surface area (Å²) >= 11 is 0. The van der Waals surface area contributed by atoms with Gasteiger partial charge in [-0.15, -0.1) is 0 Å². The minimum atomic E-state index is -0.175. The van der Waals surface area contributed by atoms with Crippen molar-refractivity contribution in [3.05, 3.63) is 59.7 Å². The van der Waals surface area contributed by atoms with Crippen molar-refractivity contribution < 1.29 is 14.6 Å². The van der Waals surface area contributed by atoms with Crippen LogP contribution in [0, 0.1) is 19.3 Å². The number of benzene rings is 2. The molecular formula is C23H30N2O3. The fraction of sp³-hybridized carbons (Fsp3) is 0.435. The topological polar surface area (TPSA) is 61.8 Å². The quantitative estimate of drug-likeness (QED) is 0.779. The highest BCUT2D eigenvalue weighted by molar-refractivity contribution is 5.90. The van der Waals surface area contributed by atoms with Crippen molar-refractivity contribution in [1.29, 1.82) is 0 Å². The first kappa shape index (κ1) is 20.2. The Kier molecular flexibility index (Phi) is 6.57. The second-order valence-electron chi connectivity index (χ2n) is 7.81. The average molecular weight is 383 g/mol. The number of aryl methyl sites for hydroxylation is 2. The van der Waals surface area contributed by atoms with E-state index in [1.807, 2.05) is 61.2 Å². The Morgan fingerprint density at radius 1 is 1.14 bits per heavy atom. The second kappa shape index (κ2) is 9.11. The highest BCUT2D eigenvalue weighted by atomic mass is 16.5. The normalized spacial score (nSPS) is 15.9. The number of aliphatic hydroxyl groups is 1. The Bertz CT molecular complexity index is 784. The summed E-state index contributed by atoms with van der Waals surface area (Å²) in [4.78, 5) is 14.5. The molecule has 0 radical (unpaired) electrons. The van der Waals surface area contributed by atoms with Crippen molar-refractivity contribution in [2.75, 3.05) is 31.6 Å². The van der Waals surface area contributed by atoms with Gasteiger partial charge in [-0.2, -0.15) is 0 Å². The molecule has 1 heterocycles. The van der Waals surface area contributed by atoms with E-state index in [4.69, 9.17) is 4.74 Å². The Morgan fingerprint density at radius 3 is 2.50 bits per heavy atom. The fourth-order valence-corrected chi connectivity index (χ4v) is 3.72. The summed E-state index contributed by atoms with van der Waals surface area (Å²) in [5, 5.41) is 13.0. The Morgan fingerprint density at radius 2 is 1.86 bits per heavy atom. The molecule has 2 amide bonds. The number of nitrogens with zero attached hydrogens (tertiary/aromatic N) is 1. The molecule has 0 bridgehead atoms. The minimum Gasteiger partial charge on any atom is -0.494 e. The number of rotatable bonds is 6. The zero-order valence-corrected chi connectivity index (χ0v) is 16.8. The van der Waals surface area contributed by atoms with E-state index in [0.717, 1.165) is 36.3 Å². The number of piperidine rings is 1. The molecule has 0 saturated carbocycles. The Labute approximate surface area is 167 Å². The molecule has 1 saturated heterocycles. The van der Waals surface area contributed by atoms with Gasteiger partial charge in [-0.05, 0) is 56.9 Å². The summed E-state index contributed by atoms with van der Waals surface area (Å²) in [7, 11) is 0. The molecule has 5 heteroatoms. The number of anilines is 1. The van der Waals surface area contributed by atoms with Gasteiger partial charge in [0.2, 0.25) is 0 Å². The molecule has 0 spiro atoms. The van der Waals surface area contributed by atoms with E-state index in [9.17, 15) is 9.90 Å². The van der Waals surface area contributed by atoms with Gasteiger partial charge in [-0.3, -0.25) is 0 Å². The van der Waals surface area contributed by atoms with Gasteiger partial charge in [0.15, 0.2) is 0 Å². The van der Waals surface area contributed by atoms with Crippen LogP contribution in [0.4, 0.5) is 10.5 Å². The fourth-order valence-electron chi connectivity index (χ4n) is 3.72. The van der Waals surface area contributed by atoms with Crippen LogP contribution in [0.2, 0.25) is 0 Å². The number of para-hydroxylation sites is 1. The maximum Gasteiger partial charge on any atom is 0.321 e. The van der Waals surface area contributed by atoms with Crippen molar-refractivity contribution in [3.8, 4) is 5.75 Å². The summed E-state index contributed by atoms with van der Waals surface area (Å²) < 4.78 is 5.81. The van der Waals surface area contributed by atoms with Crippen molar-refractivity contribution in [2.45, 2.75) is 33.1 Å². The van der Waals surface area contributed by atoms with E-state index in [1.54, 1.807) is 0 Å². The number of urea groups is 1. The number of carbonyl (C=O) groups excluding carboxylic acids is 1. The third-order valence-corrected chi connectivity index (χ3v) is 5.71. The van der Waals surface area contributed by atoms with Gasteiger partial charge in [-0.25, -0.2) is 4.79 Å². The lowest BCUT2D eigenvalue weighted by Gasteiger charge is -2.40. The smallest absolute Gasteiger partial charge is 0.321 e. The third-order valence-electron chi connectivity index (χ3n) is 5.71. The Balaban J connectivity index is 1.50. The molecule has 2 aromatic carbocycles. The first-order valence-electron chi connectivity index (χ1n) is 9.93. The van der Waals surface area contributed by atoms with Crippen molar-refractivity contribution in [2.24, 2.45) is 5.41 Å². The van der Waals surface area contributed by atoms with Gasteiger partial charge in [-0.1, -0.05) is 35.9 Å². The minimum absolute atomic E-state index is 0.0703. The van der Waals surface area contributed by atoms with Gasteiger partial charge in [0.25, 0.3) is 0 Å². The van der Waals surface area contributed by atoms with Crippen LogP contribution in [0.15, 0.2) is 48.5 Å². The predicted octanol–water partition coefficient (Wildman–Crippen LogP) is 4.38. The van der Waals surface area contributed by atoms with Crippen LogP contribution in [0.25, 0.3) is 0 Å². The first-order chi connectivity index (χ1) is 13.5. The number of amides is 2. The van der Waals surface area contributed by atoms with E-state index in [1.165, 1.54) is 5.56 Å². The van der Waals surface area contributed by atoms with Crippen molar-refractivity contribution in [1.82, 2.24) is 4.90 Å². The molecule has 2 N–H and O–H groups in total. The molecule has 1 aliphatic heterocycles. The standard InChI is InChI=1S/C23H30N2O3/c1-18-8-9-21(19(2)16-18)24-22(27)25-13-10-23(17-26,11-14-25)12-15-28-20-6-4-3-5-7-20/h3-9,16,26H,10-15,17H2,1-2H3,(H,24,27). The lowest BCUT2D eigenvalue weighted by molar-refractivity contribution is 0.0385. The van der Waals surface area contributed by atoms with Gasteiger partial charge in [0, 0.05) is 30.8 Å². The number of ether oxygens (including phenoxy) is 1. The molecule has 1 fully saturated rings. The molecule has 28 heavy (non-hydrogen) atoms. The lowest BCUT2D eigenvalue weighted by atomic mass is 9.76. The van der Waals surface area contributed by atoms with Crippen LogP contribution in [0.5, 0.6) is 5.75 Å². The highest BCUT2D eigenvalue weighted by Crippen LogP contribution is 2.35. The van der Waals surface area contributed by atoms with E-state index in [-0.39, 0.29) is 18.1 Å². The number of hydrogen-bond donors (Lipinski definition) is 2. The number of nitrogens with one attached hydrogen (secondary N) is 1. The van der Waals surface area contributed by atoms with Gasteiger partial charge < -0.3 is 20.1 Å². The van der Waals surface area contributed by atoms with Crippen LogP contribution in [0.3, 0.4) is 0 Å². The maximum atomic E-state index is 12.6. The van der Waals surface area contributed by atoms with E-state index < -0.39 is 0 Å². The van der Waals surface area contributed by atoms with Crippen molar-refractivity contribution in [3.63, 3.8) is 0 Å². The summed E-state index contributed by atoms with van der Waals surface area (Å²) in [6, 6.07) is 15.7. The molecule has 2 aromatic rings. The van der Waals surface area contributed by atoms with Crippen LogP contribution in [0.1, 0.15) is 30.4 Å². The van der Waals surface area contributed by atoms with Gasteiger partial charge >= 0.3 is 6.03 Å². The summed E-state index contributed by atoms with van der Waals surface area (Å²) in [5.41, 5.74) is 2.92. The summed E-state index contributed by atoms with van der Waals surface area (Å²) in [6.07, 6.45) is 2.34. The summed E-state index contributed by atoms with van der Waals surface area (Å²) in [6.45, 7) is 6.02. The van der Waals surface area contributed by atoms with E-state index in [0.29, 0.717) is 19.7 Å². The van der Waals surface area contributed by atoms with Crippen LogP contribution < -0.4 is 10.1 Å². The van der Waals surface area contributed by atoms with Gasteiger partial charge in [0.05, 0.1) is 6.61 Å². The van der Waals surface area contributed by atoms with E-state index >= 15 is 0 Å². The monoisotopic (exact) mass is 382 g/mol.